The molecule has 3 heteroatoms. The first kappa shape index (κ1) is 9.25. The smallest absolute Gasteiger partial charge is 0.101 e. The zero-order valence-electron chi connectivity index (χ0n) is 6.42. The molecule has 0 aliphatic heterocycles. The predicted octanol–water partition coefficient (Wildman–Crippen LogP) is 2.40. The summed E-state index contributed by atoms with van der Waals surface area (Å²) in [5.74, 6) is 0. The van der Waals surface area contributed by atoms with Crippen LogP contribution < -0.4 is 5.73 Å². The summed E-state index contributed by atoms with van der Waals surface area (Å²) in [6, 6.07) is 9.67. The van der Waals surface area contributed by atoms with Gasteiger partial charge in [-0.2, -0.15) is 0 Å². The van der Waals surface area contributed by atoms with Crippen LogP contribution in [0.5, 0.6) is 0 Å². The van der Waals surface area contributed by atoms with Gasteiger partial charge >= 0.3 is 0 Å². The second-order valence-corrected chi connectivity index (χ2v) is 3.34. The lowest BCUT2D eigenvalue weighted by atomic mass is 10.1. The molecule has 0 spiro atoms. The predicted molar refractivity (Wildman–Crippen MR) is 60.4 cm³/mol. The van der Waals surface area contributed by atoms with Crippen LogP contribution in [0.25, 0.3) is 5.57 Å². The third kappa shape index (κ3) is 2.07. The third-order valence-electron chi connectivity index (χ3n) is 1.49. The molecule has 0 saturated carbocycles. The summed E-state index contributed by atoms with van der Waals surface area (Å²) >= 11 is 1.94. The molecule has 0 aliphatic carbocycles. The molecule has 0 amide bonds. The molecular formula is C9H9IN2. The van der Waals surface area contributed by atoms with E-state index in [1.807, 2.05) is 52.9 Å². The van der Waals surface area contributed by atoms with Gasteiger partial charge in [0.25, 0.3) is 0 Å². The van der Waals surface area contributed by atoms with E-state index in [2.05, 4.69) is 0 Å². The fourth-order valence-electron chi connectivity index (χ4n) is 0.914. The van der Waals surface area contributed by atoms with Crippen molar-refractivity contribution in [2.24, 2.45) is 5.73 Å². The van der Waals surface area contributed by atoms with Gasteiger partial charge in [-0.1, -0.05) is 30.3 Å². The Labute approximate surface area is 85.1 Å². The number of benzene rings is 1. The molecule has 12 heavy (non-hydrogen) atoms. The van der Waals surface area contributed by atoms with Gasteiger partial charge in [0.2, 0.25) is 0 Å². The molecule has 0 aliphatic rings. The lowest BCUT2D eigenvalue weighted by Gasteiger charge is -2.01. The van der Waals surface area contributed by atoms with Crippen LogP contribution >= 0.6 is 22.6 Å². The van der Waals surface area contributed by atoms with Gasteiger partial charge in [0.05, 0.1) is 0 Å². The minimum Gasteiger partial charge on any atom is -0.404 e. The van der Waals surface area contributed by atoms with Gasteiger partial charge < -0.3 is 5.73 Å². The van der Waals surface area contributed by atoms with E-state index in [-0.39, 0.29) is 0 Å². The van der Waals surface area contributed by atoms with E-state index in [0.717, 1.165) is 11.1 Å². The SMILES string of the molecule is N=C(I)/C(=C\N)c1ccccc1. The molecule has 0 bridgehead atoms. The number of hydrogen-bond donors (Lipinski definition) is 2. The molecule has 2 nitrogen and oxygen atoms in total. The maximum Gasteiger partial charge on any atom is 0.101 e. The molecule has 3 N–H and O–H groups in total. The highest BCUT2D eigenvalue weighted by Crippen LogP contribution is 2.16. The van der Waals surface area contributed by atoms with Crippen LogP contribution in [0.1, 0.15) is 5.56 Å². The highest BCUT2D eigenvalue weighted by Gasteiger charge is 2.02. The molecule has 62 valence electrons. The first-order chi connectivity index (χ1) is 5.75. The van der Waals surface area contributed by atoms with Gasteiger partial charge in [0, 0.05) is 11.8 Å². The summed E-state index contributed by atoms with van der Waals surface area (Å²) in [6.07, 6.45) is 1.46. The number of rotatable bonds is 2. The highest BCUT2D eigenvalue weighted by atomic mass is 127. The zero-order valence-corrected chi connectivity index (χ0v) is 8.58. The van der Waals surface area contributed by atoms with Crippen molar-refractivity contribution >= 4 is 31.9 Å². The summed E-state index contributed by atoms with van der Waals surface area (Å²) in [4.78, 5) is 0. The quantitative estimate of drug-likeness (QED) is 0.630. The van der Waals surface area contributed by atoms with Gasteiger partial charge in [0.15, 0.2) is 0 Å². The van der Waals surface area contributed by atoms with Gasteiger partial charge in [0.1, 0.15) is 3.72 Å². The van der Waals surface area contributed by atoms with Gasteiger partial charge in [-0.05, 0) is 28.2 Å². The topological polar surface area (TPSA) is 49.9 Å². The number of hydrogen-bond acceptors (Lipinski definition) is 2. The Morgan fingerprint density at radius 3 is 2.33 bits per heavy atom. The Morgan fingerprint density at radius 2 is 1.92 bits per heavy atom. The van der Waals surface area contributed by atoms with Crippen molar-refractivity contribution in [1.82, 2.24) is 0 Å². The summed E-state index contributed by atoms with van der Waals surface area (Å²) in [6.45, 7) is 0. The molecule has 1 rings (SSSR count). The zero-order chi connectivity index (χ0) is 8.97. The molecule has 0 aromatic heterocycles. The monoisotopic (exact) mass is 272 g/mol. The number of nitrogens with one attached hydrogen (secondary N) is 1. The van der Waals surface area contributed by atoms with E-state index < -0.39 is 0 Å². The fraction of sp³-hybridized carbons (Fsp3) is 0. The third-order valence-corrected chi connectivity index (χ3v) is 2.07. The molecule has 0 unspecified atom stereocenters. The summed E-state index contributed by atoms with van der Waals surface area (Å²) < 4.78 is 0.460. The molecular weight excluding hydrogens is 263 g/mol. The molecule has 1 aromatic rings. The fourth-order valence-corrected chi connectivity index (χ4v) is 1.41. The van der Waals surface area contributed by atoms with E-state index in [1.165, 1.54) is 6.20 Å². The number of halogens is 1. The number of allylic oxidation sites excluding steroid dienone is 1. The second kappa shape index (κ2) is 4.25. The van der Waals surface area contributed by atoms with Crippen LogP contribution in [0.3, 0.4) is 0 Å². The van der Waals surface area contributed by atoms with Crippen LogP contribution in [-0.4, -0.2) is 3.72 Å². The molecule has 0 saturated heterocycles. The van der Waals surface area contributed by atoms with E-state index in [1.54, 1.807) is 0 Å². The van der Waals surface area contributed by atoms with Crippen molar-refractivity contribution < 1.29 is 0 Å². The molecule has 0 heterocycles. The van der Waals surface area contributed by atoms with Crippen LogP contribution in [0.15, 0.2) is 36.5 Å². The van der Waals surface area contributed by atoms with Crippen LogP contribution in [-0.2, 0) is 0 Å². The Morgan fingerprint density at radius 1 is 1.33 bits per heavy atom. The molecule has 0 radical (unpaired) electrons. The van der Waals surface area contributed by atoms with Gasteiger partial charge in [-0.25, -0.2) is 0 Å². The van der Waals surface area contributed by atoms with Crippen molar-refractivity contribution in [3.05, 3.63) is 42.1 Å². The Balaban J connectivity index is 3.05. The first-order valence-electron chi connectivity index (χ1n) is 3.47. The van der Waals surface area contributed by atoms with Crippen LogP contribution in [0, 0.1) is 5.41 Å². The van der Waals surface area contributed by atoms with Crippen LogP contribution in [0.2, 0.25) is 0 Å². The van der Waals surface area contributed by atoms with Crippen molar-refractivity contribution in [2.45, 2.75) is 0 Å². The van der Waals surface area contributed by atoms with Gasteiger partial charge in [-0.3, -0.25) is 5.41 Å². The van der Waals surface area contributed by atoms with Crippen molar-refractivity contribution in [3.63, 3.8) is 0 Å². The minimum absolute atomic E-state index is 0.460. The average Bonchev–Trinajstić information content (AvgIpc) is 2.07. The standard InChI is InChI=1S/C9H9IN2/c10-9(12)8(6-11)7-4-2-1-3-5-7/h1-6,12H,11H2/b8-6-,12-9?. The Kier molecular flexibility index (Phi) is 3.28. The highest BCUT2D eigenvalue weighted by molar-refractivity contribution is 14.1. The Hall–Kier alpha value is -0.840. The van der Waals surface area contributed by atoms with Crippen LogP contribution in [0.4, 0.5) is 0 Å². The lowest BCUT2D eigenvalue weighted by Crippen LogP contribution is -1.94. The molecule has 0 fully saturated rings. The van der Waals surface area contributed by atoms with Crippen molar-refractivity contribution in [1.29, 1.82) is 5.41 Å². The van der Waals surface area contributed by atoms with E-state index in [0.29, 0.717) is 3.72 Å². The van der Waals surface area contributed by atoms with E-state index in [9.17, 15) is 0 Å². The number of nitrogens with two attached hydrogens (primary N) is 1. The minimum atomic E-state index is 0.460. The first-order valence-corrected chi connectivity index (χ1v) is 4.55. The van der Waals surface area contributed by atoms with Crippen molar-refractivity contribution in [2.75, 3.05) is 0 Å². The lowest BCUT2D eigenvalue weighted by molar-refractivity contribution is 1.53. The average molecular weight is 272 g/mol. The second-order valence-electron chi connectivity index (χ2n) is 2.26. The molecule has 1 aromatic carbocycles. The summed E-state index contributed by atoms with van der Waals surface area (Å²) in [5, 5.41) is 7.43. The normalized spacial score (nSPS) is 11.2. The maximum absolute atomic E-state index is 7.43. The molecule has 0 atom stereocenters. The maximum atomic E-state index is 7.43. The Bertz CT molecular complexity index is 304. The summed E-state index contributed by atoms with van der Waals surface area (Å²) in [5.41, 5.74) is 7.16. The van der Waals surface area contributed by atoms with Gasteiger partial charge in [-0.15, -0.1) is 0 Å². The van der Waals surface area contributed by atoms with E-state index >= 15 is 0 Å². The van der Waals surface area contributed by atoms with Crippen molar-refractivity contribution in [3.8, 4) is 0 Å². The van der Waals surface area contributed by atoms with E-state index in [4.69, 9.17) is 11.1 Å². The largest absolute Gasteiger partial charge is 0.404 e. The summed E-state index contributed by atoms with van der Waals surface area (Å²) in [7, 11) is 0.